The van der Waals surface area contributed by atoms with E-state index in [1.54, 1.807) is 6.07 Å². The molecule has 8 heteroatoms. The average Bonchev–Trinajstić information content (AvgIpc) is 2.82. The molecule has 18 heavy (non-hydrogen) atoms. The second-order valence-electron chi connectivity index (χ2n) is 3.24. The van der Waals surface area contributed by atoms with Crippen LogP contribution in [-0.2, 0) is 0 Å². The minimum atomic E-state index is -0.641. The molecule has 0 bridgehead atoms. The van der Waals surface area contributed by atoms with Crippen molar-refractivity contribution in [2.24, 2.45) is 0 Å². The van der Waals surface area contributed by atoms with Crippen molar-refractivity contribution in [3.8, 4) is 0 Å². The van der Waals surface area contributed by atoms with E-state index < -0.39 is 11.0 Å². The van der Waals surface area contributed by atoms with Crippen LogP contribution in [0.5, 0.6) is 0 Å². The van der Waals surface area contributed by atoms with Crippen LogP contribution in [0.4, 0.5) is 22.0 Å². The molecule has 0 aliphatic rings. The molecule has 0 saturated heterocycles. The number of hydrogen-bond acceptors (Lipinski definition) is 5. The highest BCUT2D eigenvalue weighted by Gasteiger charge is 2.14. The van der Waals surface area contributed by atoms with E-state index in [2.05, 4.69) is 20.3 Å². The Morgan fingerprint density at radius 1 is 1.28 bits per heavy atom. The molecule has 1 aromatic heterocycles. The maximum absolute atomic E-state index is 11.5. The Labute approximate surface area is 101 Å². The van der Waals surface area contributed by atoms with Gasteiger partial charge in [-0.05, 0) is 6.07 Å². The van der Waals surface area contributed by atoms with Gasteiger partial charge in [0.1, 0.15) is 12.0 Å². The van der Waals surface area contributed by atoms with Gasteiger partial charge in [0.25, 0.3) is 5.69 Å². The van der Waals surface area contributed by atoms with Gasteiger partial charge < -0.3 is 9.84 Å². The number of carbonyl (C=O) groups is 1. The van der Waals surface area contributed by atoms with Crippen LogP contribution < -0.4 is 10.6 Å². The molecule has 0 atom stereocenters. The highest BCUT2D eigenvalue weighted by molar-refractivity contribution is 6.00. The van der Waals surface area contributed by atoms with Gasteiger partial charge in [0, 0.05) is 12.1 Å². The first-order valence-electron chi connectivity index (χ1n) is 4.88. The molecule has 0 spiro atoms. The largest absolute Gasteiger partial charge is 0.363 e. The minimum Gasteiger partial charge on any atom is -0.363 e. The molecule has 8 nitrogen and oxygen atoms in total. The van der Waals surface area contributed by atoms with Gasteiger partial charge >= 0.3 is 6.03 Å². The molecular formula is C10H8N4O4. The number of benzene rings is 1. The van der Waals surface area contributed by atoms with Crippen molar-refractivity contribution in [2.45, 2.75) is 0 Å². The summed E-state index contributed by atoms with van der Waals surface area (Å²) in [6, 6.07) is 6.63. The number of aromatic nitrogens is 1. The number of anilines is 2. The quantitative estimate of drug-likeness (QED) is 0.639. The molecule has 2 N–H and O–H groups in total. The first-order chi connectivity index (χ1) is 8.66. The molecule has 0 aliphatic heterocycles. The minimum absolute atomic E-state index is 0.100. The summed E-state index contributed by atoms with van der Waals surface area (Å²) < 4.78 is 4.53. The molecule has 0 fully saturated rings. The van der Waals surface area contributed by atoms with E-state index in [1.165, 1.54) is 30.5 Å². The highest BCUT2D eigenvalue weighted by Crippen LogP contribution is 2.23. The summed E-state index contributed by atoms with van der Waals surface area (Å²) in [6.07, 6.45) is 1.29. The van der Waals surface area contributed by atoms with Gasteiger partial charge in [0.2, 0.25) is 0 Å². The summed E-state index contributed by atoms with van der Waals surface area (Å²) in [5, 5.41) is 18.9. The number of nitro groups is 1. The number of carbonyl (C=O) groups excluding carboxylic acids is 1. The van der Waals surface area contributed by atoms with Gasteiger partial charge in [-0.2, -0.15) is 0 Å². The third-order valence-electron chi connectivity index (χ3n) is 2.03. The third kappa shape index (κ3) is 2.61. The van der Waals surface area contributed by atoms with Gasteiger partial charge in [0.15, 0.2) is 5.82 Å². The lowest BCUT2D eigenvalue weighted by molar-refractivity contribution is -0.383. The molecule has 0 radical (unpaired) electrons. The van der Waals surface area contributed by atoms with Crippen LogP contribution in [0.1, 0.15) is 0 Å². The van der Waals surface area contributed by atoms with Gasteiger partial charge in [-0.1, -0.05) is 17.3 Å². The summed E-state index contributed by atoms with van der Waals surface area (Å²) in [5.74, 6) is 0.214. The van der Waals surface area contributed by atoms with E-state index in [-0.39, 0.29) is 17.2 Å². The van der Waals surface area contributed by atoms with E-state index >= 15 is 0 Å². The predicted molar refractivity (Wildman–Crippen MR) is 62.2 cm³/mol. The molecule has 92 valence electrons. The molecule has 2 amide bonds. The zero-order valence-corrected chi connectivity index (χ0v) is 8.99. The smallest absolute Gasteiger partial charge is 0.325 e. The Morgan fingerprint density at radius 3 is 2.72 bits per heavy atom. The summed E-state index contributed by atoms with van der Waals surface area (Å²) in [5.41, 5.74) is -0.0868. The molecule has 0 aliphatic carbocycles. The summed E-state index contributed by atoms with van der Waals surface area (Å²) >= 11 is 0. The van der Waals surface area contributed by atoms with E-state index in [9.17, 15) is 14.9 Å². The lowest BCUT2D eigenvalue weighted by Crippen LogP contribution is -2.20. The van der Waals surface area contributed by atoms with Crippen LogP contribution in [0.15, 0.2) is 41.1 Å². The van der Waals surface area contributed by atoms with E-state index in [0.29, 0.717) is 0 Å². The zero-order chi connectivity index (χ0) is 13.0. The number of urea groups is 1. The number of amides is 2. The second-order valence-corrected chi connectivity index (χ2v) is 3.24. The van der Waals surface area contributed by atoms with Crippen molar-refractivity contribution in [1.82, 2.24) is 5.16 Å². The topological polar surface area (TPSA) is 110 Å². The molecule has 1 heterocycles. The van der Waals surface area contributed by atoms with Crippen molar-refractivity contribution in [3.63, 3.8) is 0 Å². The van der Waals surface area contributed by atoms with Crippen LogP contribution in [0.25, 0.3) is 0 Å². The van der Waals surface area contributed by atoms with E-state index in [1.807, 2.05) is 0 Å². The average molecular weight is 248 g/mol. The Bertz CT molecular complexity index is 567. The Balaban J connectivity index is 2.09. The standard InChI is InChI=1S/C10H8N4O4/c15-10(12-9-5-6-18-13-9)11-7-3-1-2-4-8(7)14(16)17/h1-6H,(H2,11,12,13,15). The SMILES string of the molecule is O=C(Nc1ccon1)Nc1ccccc1[N+](=O)[O-]. The Hall–Kier alpha value is -2.90. The van der Waals surface area contributed by atoms with Gasteiger partial charge in [-0.15, -0.1) is 0 Å². The van der Waals surface area contributed by atoms with Crippen LogP contribution in [0.3, 0.4) is 0 Å². The van der Waals surface area contributed by atoms with Gasteiger partial charge in [-0.3, -0.25) is 15.4 Å². The van der Waals surface area contributed by atoms with Crippen molar-refractivity contribution < 1.29 is 14.2 Å². The monoisotopic (exact) mass is 248 g/mol. The van der Waals surface area contributed by atoms with Crippen molar-refractivity contribution in [2.75, 3.05) is 10.6 Å². The zero-order valence-electron chi connectivity index (χ0n) is 8.99. The fourth-order valence-electron chi connectivity index (χ4n) is 1.29. The maximum Gasteiger partial charge on any atom is 0.325 e. The lowest BCUT2D eigenvalue weighted by Gasteiger charge is -2.05. The van der Waals surface area contributed by atoms with Crippen molar-refractivity contribution in [1.29, 1.82) is 0 Å². The summed E-state index contributed by atoms with van der Waals surface area (Å²) in [4.78, 5) is 21.7. The molecule has 1 aromatic carbocycles. The first kappa shape index (κ1) is 11.6. The number of para-hydroxylation sites is 2. The summed E-state index contributed by atoms with van der Waals surface area (Å²) in [6.45, 7) is 0. The number of nitrogens with one attached hydrogen (secondary N) is 2. The maximum atomic E-state index is 11.5. The van der Waals surface area contributed by atoms with Gasteiger partial charge in [-0.25, -0.2) is 4.79 Å². The van der Waals surface area contributed by atoms with Crippen molar-refractivity contribution in [3.05, 3.63) is 46.7 Å². The van der Waals surface area contributed by atoms with E-state index in [4.69, 9.17) is 0 Å². The van der Waals surface area contributed by atoms with Crippen LogP contribution in [-0.4, -0.2) is 16.1 Å². The normalized spacial score (nSPS) is 9.78. The van der Waals surface area contributed by atoms with Crippen LogP contribution in [0.2, 0.25) is 0 Å². The Kier molecular flexibility index (Phi) is 3.19. The highest BCUT2D eigenvalue weighted by atomic mass is 16.6. The van der Waals surface area contributed by atoms with Gasteiger partial charge in [0.05, 0.1) is 4.92 Å². The van der Waals surface area contributed by atoms with Crippen LogP contribution in [0, 0.1) is 10.1 Å². The molecular weight excluding hydrogens is 240 g/mol. The Morgan fingerprint density at radius 2 is 2.06 bits per heavy atom. The number of nitro benzene ring substituents is 1. The predicted octanol–water partition coefficient (Wildman–Crippen LogP) is 2.23. The molecule has 0 unspecified atom stereocenters. The number of rotatable bonds is 3. The fourth-order valence-corrected chi connectivity index (χ4v) is 1.29. The lowest BCUT2D eigenvalue weighted by atomic mass is 10.3. The fraction of sp³-hybridized carbons (Fsp3) is 0. The molecule has 2 rings (SSSR count). The molecule has 0 saturated carbocycles. The second kappa shape index (κ2) is 4.95. The third-order valence-corrected chi connectivity index (χ3v) is 2.03. The van der Waals surface area contributed by atoms with Crippen molar-refractivity contribution >= 4 is 23.2 Å². The van der Waals surface area contributed by atoms with E-state index in [0.717, 1.165) is 0 Å². The molecule has 2 aromatic rings. The first-order valence-corrected chi connectivity index (χ1v) is 4.88. The number of nitrogens with zero attached hydrogens (tertiary/aromatic N) is 2. The number of hydrogen-bond donors (Lipinski definition) is 2. The summed E-state index contributed by atoms with van der Waals surface area (Å²) in [7, 11) is 0. The van der Waals surface area contributed by atoms with Crippen LogP contribution >= 0.6 is 0 Å².